The summed E-state index contributed by atoms with van der Waals surface area (Å²) in [4.78, 5) is 23.2. The van der Waals surface area contributed by atoms with Crippen molar-refractivity contribution < 1.29 is 9.72 Å². The van der Waals surface area contributed by atoms with E-state index in [2.05, 4.69) is 12.1 Å². The number of nitro groups is 1. The van der Waals surface area contributed by atoms with Crippen LogP contribution < -0.4 is 4.90 Å². The molecule has 108 valence electrons. The molecule has 0 atom stereocenters. The summed E-state index contributed by atoms with van der Waals surface area (Å²) >= 11 is 0. The van der Waals surface area contributed by atoms with Gasteiger partial charge in [-0.05, 0) is 24.1 Å². The Balaban J connectivity index is 2.10. The summed E-state index contributed by atoms with van der Waals surface area (Å²) in [6, 6.07) is 14.7. The van der Waals surface area contributed by atoms with Crippen molar-refractivity contribution in [2.75, 3.05) is 18.5 Å². The molecule has 0 aliphatic rings. The molecule has 0 aromatic heterocycles. The van der Waals surface area contributed by atoms with Gasteiger partial charge in [0, 0.05) is 25.3 Å². The Morgan fingerprint density at radius 3 is 2.52 bits per heavy atom. The van der Waals surface area contributed by atoms with Crippen LogP contribution in [0.25, 0.3) is 0 Å². The third kappa shape index (κ3) is 3.66. The minimum absolute atomic E-state index is 0.101. The van der Waals surface area contributed by atoms with Crippen LogP contribution in [0.5, 0.6) is 0 Å². The molecule has 0 bridgehead atoms. The molecule has 0 aliphatic heterocycles. The highest BCUT2D eigenvalue weighted by Crippen LogP contribution is 2.23. The number of nitro benzene ring substituents is 1. The Kier molecular flexibility index (Phi) is 4.66. The van der Waals surface area contributed by atoms with Gasteiger partial charge in [-0.2, -0.15) is 0 Å². The molecule has 0 aliphatic carbocycles. The Bertz CT molecular complexity index is 641. The first kappa shape index (κ1) is 14.7. The average molecular weight is 284 g/mol. The molecule has 0 saturated heterocycles. The Hall–Kier alpha value is -2.69. The number of likely N-dealkylation sites (N-methyl/N-ethyl adjacent to an activating group) is 1. The number of hydrogen-bond donors (Lipinski definition) is 0. The predicted molar refractivity (Wildman–Crippen MR) is 81.9 cm³/mol. The van der Waals surface area contributed by atoms with Gasteiger partial charge in [0.1, 0.15) is 0 Å². The van der Waals surface area contributed by atoms with Crippen LogP contribution >= 0.6 is 0 Å². The number of benzene rings is 2. The molecular formula is C16H16N2O3. The maximum absolute atomic E-state index is 11.0. The van der Waals surface area contributed by atoms with E-state index in [1.807, 2.05) is 30.1 Å². The van der Waals surface area contributed by atoms with Crippen molar-refractivity contribution in [1.82, 2.24) is 0 Å². The zero-order valence-electron chi connectivity index (χ0n) is 11.7. The number of rotatable bonds is 6. The van der Waals surface area contributed by atoms with Crippen molar-refractivity contribution in [2.24, 2.45) is 0 Å². The zero-order valence-corrected chi connectivity index (χ0v) is 11.7. The maximum atomic E-state index is 11.0. The van der Waals surface area contributed by atoms with E-state index in [4.69, 9.17) is 0 Å². The molecule has 0 unspecified atom stereocenters. The van der Waals surface area contributed by atoms with E-state index in [0.29, 0.717) is 6.29 Å². The zero-order chi connectivity index (χ0) is 15.2. The molecule has 21 heavy (non-hydrogen) atoms. The number of hydrogen-bond acceptors (Lipinski definition) is 4. The highest BCUT2D eigenvalue weighted by Gasteiger charge is 2.14. The lowest BCUT2D eigenvalue weighted by molar-refractivity contribution is -0.385. The van der Waals surface area contributed by atoms with Crippen molar-refractivity contribution in [1.29, 1.82) is 0 Å². The van der Waals surface area contributed by atoms with Crippen molar-refractivity contribution in [3.63, 3.8) is 0 Å². The normalized spacial score (nSPS) is 10.1. The highest BCUT2D eigenvalue weighted by atomic mass is 16.6. The first-order valence-electron chi connectivity index (χ1n) is 6.60. The van der Waals surface area contributed by atoms with Gasteiger partial charge in [-0.3, -0.25) is 14.9 Å². The molecule has 2 aromatic carbocycles. The summed E-state index contributed by atoms with van der Waals surface area (Å²) in [6.45, 7) is 0.764. The van der Waals surface area contributed by atoms with Gasteiger partial charge < -0.3 is 4.90 Å². The molecule has 5 heteroatoms. The van der Waals surface area contributed by atoms with E-state index in [9.17, 15) is 14.9 Å². The number of nitrogens with zero attached hydrogens (tertiary/aromatic N) is 2. The van der Waals surface area contributed by atoms with Gasteiger partial charge >= 0.3 is 0 Å². The Morgan fingerprint density at radius 1 is 1.19 bits per heavy atom. The largest absolute Gasteiger partial charge is 0.374 e. The number of carbonyl (C=O) groups is 1. The van der Waals surface area contributed by atoms with Gasteiger partial charge in [-0.1, -0.05) is 30.3 Å². The van der Waals surface area contributed by atoms with Crippen LogP contribution in [0, 0.1) is 10.1 Å². The fraction of sp³-hybridized carbons (Fsp3) is 0.188. The van der Waals surface area contributed by atoms with Crippen LogP contribution in [0.15, 0.2) is 48.5 Å². The standard InChI is InChI=1S/C16H16N2O3/c1-17(10-9-13-5-3-2-4-6-13)15-7-8-16(18(20)21)14(11-15)12-19/h2-8,11-12H,9-10H2,1H3. The monoisotopic (exact) mass is 284 g/mol. The minimum Gasteiger partial charge on any atom is -0.374 e. The summed E-state index contributed by atoms with van der Waals surface area (Å²) in [5.74, 6) is 0. The predicted octanol–water partition coefficient (Wildman–Crippen LogP) is 3.09. The fourth-order valence-electron chi connectivity index (χ4n) is 2.11. The van der Waals surface area contributed by atoms with Gasteiger partial charge in [0.25, 0.3) is 5.69 Å². The van der Waals surface area contributed by atoms with E-state index in [1.54, 1.807) is 12.1 Å². The molecule has 0 N–H and O–H groups in total. The molecule has 0 heterocycles. The van der Waals surface area contributed by atoms with Crippen molar-refractivity contribution in [3.8, 4) is 0 Å². The first-order valence-corrected chi connectivity index (χ1v) is 6.60. The van der Waals surface area contributed by atoms with E-state index in [0.717, 1.165) is 18.7 Å². The van der Waals surface area contributed by atoms with Crippen LogP contribution in [0.3, 0.4) is 0 Å². The van der Waals surface area contributed by atoms with Gasteiger partial charge in [-0.25, -0.2) is 0 Å². The molecule has 2 rings (SSSR count). The molecule has 0 spiro atoms. The summed E-state index contributed by atoms with van der Waals surface area (Å²) < 4.78 is 0. The number of carbonyl (C=O) groups excluding carboxylic acids is 1. The number of aldehydes is 1. The Morgan fingerprint density at radius 2 is 1.90 bits per heavy atom. The molecule has 5 nitrogen and oxygen atoms in total. The van der Waals surface area contributed by atoms with Gasteiger partial charge in [0.2, 0.25) is 0 Å². The third-order valence-electron chi connectivity index (χ3n) is 3.35. The maximum Gasteiger partial charge on any atom is 0.280 e. The van der Waals surface area contributed by atoms with Crippen molar-refractivity contribution in [2.45, 2.75) is 6.42 Å². The number of anilines is 1. The minimum atomic E-state index is -0.544. The summed E-state index contributed by atoms with van der Waals surface area (Å²) in [7, 11) is 1.90. The first-order chi connectivity index (χ1) is 10.1. The SMILES string of the molecule is CN(CCc1ccccc1)c1ccc([N+](=O)[O-])c(C=O)c1. The molecular weight excluding hydrogens is 268 g/mol. The van der Waals surface area contributed by atoms with E-state index >= 15 is 0 Å². The van der Waals surface area contributed by atoms with Crippen molar-refractivity contribution in [3.05, 3.63) is 69.8 Å². The van der Waals surface area contributed by atoms with Gasteiger partial charge in [0.15, 0.2) is 6.29 Å². The topological polar surface area (TPSA) is 63.4 Å². The smallest absolute Gasteiger partial charge is 0.280 e. The molecule has 2 aromatic rings. The average Bonchev–Trinajstić information content (AvgIpc) is 2.52. The van der Waals surface area contributed by atoms with E-state index in [1.165, 1.54) is 11.6 Å². The van der Waals surface area contributed by atoms with Gasteiger partial charge in [0.05, 0.1) is 10.5 Å². The third-order valence-corrected chi connectivity index (χ3v) is 3.35. The van der Waals surface area contributed by atoms with Gasteiger partial charge in [-0.15, -0.1) is 0 Å². The molecule has 0 radical (unpaired) electrons. The second-order valence-electron chi connectivity index (χ2n) is 4.78. The second-order valence-corrected chi connectivity index (χ2v) is 4.78. The Labute approximate surface area is 123 Å². The highest BCUT2D eigenvalue weighted by molar-refractivity contribution is 5.83. The quantitative estimate of drug-likeness (QED) is 0.464. The lowest BCUT2D eigenvalue weighted by Crippen LogP contribution is -2.20. The summed E-state index contributed by atoms with van der Waals surface area (Å²) in [5.41, 5.74) is 1.95. The molecule has 0 fully saturated rings. The second kappa shape index (κ2) is 6.65. The lowest BCUT2D eigenvalue weighted by atomic mass is 10.1. The lowest BCUT2D eigenvalue weighted by Gasteiger charge is -2.19. The van der Waals surface area contributed by atoms with Crippen LogP contribution in [-0.2, 0) is 6.42 Å². The van der Waals surface area contributed by atoms with Crippen LogP contribution in [-0.4, -0.2) is 24.8 Å². The van der Waals surface area contributed by atoms with Crippen LogP contribution in [0.1, 0.15) is 15.9 Å². The van der Waals surface area contributed by atoms with Crippen LogP contribution in [0.2, 0.25) is 0 Å². The fourth-order valence-corrected chi connectivity index (χ4v) is 2.11. The van der Waals surface area contributed by atoms with E-state index in [-0.39, 0.29) is 11.3 Å². The van der Waals surface area contributed by atoms with Crippen LogP contribution in [0.4, 0.5) is 11.4 Å². The van der Waals surface area contributed by atoms with Crippen molar-refractivity contribution >= 4 is 17.7 Å². The summed E-state index contributed by atoms with van der Waals surface area (Å²) in [5, 5.41) is 10.8. The molecule has 0 saturated carbocycles. The summed E-state index contributed by atoms with van der Waals surface area (Å²) in [6.07, 6.45) is 1.39. The molecule has 0 amide bonds. The van der Waals surface area contributed by atoms with E-state index < -0.39 is 4.92 Å².